The van der Waals surface area contributed by atoms with Crippen LogP contribution in [-0.4, -0.2) is 13.7 Å². The monoisotopic (exact) mass is 261 g/mol. The highest BCUT2D eigenvalue weighted by Gasteiger charge is 2.10. The van der Waals surface area contributed by atoms with Gasteiger partial charge in [-0.3, -0.25) is 0 Å². The number of benzene rings is 1. The van der Waals surface area contributed by atoms with E-state index in [9.17, 15) is 4.39 Å². The summed E-state index contributed by atoms with van der Waals surface area (Å²) in [4.78, 5) is 0. The Bertz CT molecular complexity index is 306. The second-order valence-corrected chi connectivity index (χ2v) is 3.79. The van der Waals surface area contributed by atoms with Crippen LogP contribution in [0.4, 0.5) is 4.39 Å². The van der Waals surface area contributed by atoms with Crippen molar-refractivity contribution < 1.29 is 9.13 Å². The van der Waals surface area contributed by atoms with E-state index in [1.807, 2.05) is 0 Å². The maximum Gasteiger partial charge on any atom is 0.133 e. The van der Waals surface area contributed by atoms with Crippen molar-refractivity contribution in [1.82, 2.24) is 0 Å². The molecule has 4 heteroatoms. The highest BCUT2D eigenvalue weighted by molar-refractivity contribution is 9.10. The highest BCUT2D eigenvalue weighted by atomic mass is 79.9. The van der Waals surface area contributed by atoms with Crippen LogP contribution in [0.3, 0.4) is 0 Å². The molecule has 78 valence electrons. The van der Waals surface area contributed by atoms with Crippen LogP contribution in [0.2, 0.25) is 0 Å². The molecule has 0 saturated heterocycles. The molecule has 0 bridgehead atoms. The SMILES string of the molecule is COc1cc(C(F)CCN)ccc1Br. The normalized spacial score (nSPS) is 12.6. The minimum atomic E-state index is -1.01. The van der Waals surface area contributed by atoms with Gasteiger partial charge in [-0.15, -0.1) is 0 Å². The van der Waals surface area contributed by atoms with E-state index in [1.54, 1.807) is 25.3 Å². The third-order valence-electron chi connectivity index (χ3n) is 1.96. The molecule has 2 nitrogen and oxygen atoms in total. The Balaban J connectivity index is 2.88. The summed E-state index contributed by atoms with van der Waals surface area (Å²) in [5, 5.41) is 0. The van der Waals surface area contributed by atoms with Crippen molar-refractivity contribution in [3.63, 3.8) is 0 Å². The van der Waals surface area contributed by atoms with Gasteiger partial charge in [0, 0.05) is 0 Å². The van der Waals surface area contributed by atoms with Gasteiger partial charge in [0.1, 0.15) is 11.9 Å². The van der Waals surface area contributed by atoms with Crippen molar-refractivity contribution in [2.24, 2.45) is 5.73 Å². The molecule has 0 aromatic heterocycles. The van der Waals surface area contributed by atoms with Crippen LogP contribution in [-0.2, 0) is 0 Å². The minimum absolute atomic E-state index is 0.338. The summed E-state index contributed by atoms with van der Waals surface area (Å²) in [6.07, 6.45) is -0.674. The molecular weight excluding hydrogens is 249 g/mol. The van der Waals surface area contributed by atoms with Crippen molar-refractivity contribution in [2.45, 2.75) is 12.6 Å². The Morgan fingerprint density at radius 2 is 2.29 bits per heavy atom. The predicted octanol–water partition coefficient (Wildman–Crippen LogP) is 2.82. The maximum atomic E-state index is 13.4. The molecule has 0 spiro atoms. The van der Waals surface area contributed by atoms with E-state index in [-0.39, 0.29) is 0 Å². The lowest BCUT2D eigenvalue weighted by molar-refractivity contribution is 0.325. The van der Waals surface area contributed by atoms with Crippen molar-refractivity contribution in [1.29, 1.82) is 0 Å². The van der Waals surface area contributed by atoms with Crippen LogP contribution in [0, 0.1) is 0 Å². The lowest BCUT2D eigenvalue weighted by Crippen LogP contribution is -2.03. The summed E-state index contributed by atoms with van der Waals surface area (Å²) >= 11 is 3.31. The number of hydrogen-bond acceptors (Lipinski definition) is 2. The smallest absolute Gasteiger partial charge is 0.133 e. The molecule has 1 rings (SSSR count). The van der Waals surface area contributed by atoms with Gasteiger partial charge >= 0.3 is 0 Å². The van der Waals surface area contributed by atoms with Gasteiger partial charge in [-0.2, -0.15) is 0 Å². The summed E-state index contributed by atoms with van der Waals surface area (Å²) in [7, 11) is 1.56. The summed E-state index contributed by atoms with van der Waals surface area (Å²) in [6.45, 7) is 0.347. The molecule has 1 aromatic rings. The van der Waals surface area contributed by atoms with Gasteiger partial charge in [-0.25, -0.2) is 4.39 Å². The molecule has 0 fully saturated rings. The lowest BCUT2D eigenvalue weighted by Gasteiger charge is -2.09. The Hall–Kier alpha value is -0.610. The first-order valence-electron chi connectivity index (χ1n) is 4.36. The second kappa shape index (κ2) is 5.32. The zero-order chi connectivity index (χ0) is 10.6. The molecule has 0 amide bonds. The van der Waals surface area contributed by atoms with Crippen LogP contribution in [0.5, 0.6) is 5.75 Å². The summed E-state index contributed by atoms with van der Waals surface area (Å²) < 4.78 is 19.3. The van der Waals surface area contributed by atoms with Gasteiger partial charge in [0.15, 0.2) is 0 Å². The van der Waals surface area contributed by atoms with Gasteiger partial charge in [0.05, 0.1) is 11.6 Å². The van der Waals surface area contributed by atoms with E-state index in [1.165, 1.54) is 0 Å². The zero-order valence-corrected chi connectivity index (χ0v) is 9.55. The highest BCUT2D eigenvalue weighted by Crippen LogP contribution is 2.30. The third kappa shape index (κ3) is 2.69. The second-order valence-electron chi connectivity index (χ2n) is 2.94. The molecule has 14 heavy (non-hydrogen) atoms. The number of hydrogen-bond donors (Lipinski definition) is 1. The molecule has 0 radical (unpaired) electrons. The molecule has 0 aliphatic carbocycles. The number of halogens is 2. The van der Waals surface area contributed by atoms with E-state index in [2.05, 4.69) is 15.9 Å². The zero-order valence-electron chi connectivity index (χ0n) is 7.97. The van der Waals surface area contributed by atoms with E-state index in [0.29, 0.717) is 24.3 Å². The quantitative estimate of drug-likeness (QED) is 0.905. The Morgan fingerprint density at radius 1 is 1.57 bits per heavy atom. The largest absolute Gasteiger partial charge is 0.496 e. The summed E-state index contributed by atoms with van der Waals surface area (Å²) in [5.74, 6) is 0.641. The first-order valence-corrected chi connectivity index (χ1v) is 5.16. The maximum absolute atomic E-state index is 13.4. The number of nitrogens with two attached hydrogens (primary N) is 1. The number of methoxy groups -OCH3 is 1. The van der Waals surface area contributed by atoms with Crippen LogP contribution in [0.1, 0.15) is 18.2 Å². The molecule has 0 saturated carbocycles. The van der Waals surface area contributed by atoms with Gasteiger partial charge in [-0.1, -0.05) is 6.07 Å². The fourth-order valence-corrected chi connectivity index (χ4v) is 1.59. The summed E-state index contributed by atoms with van der Waals surface area (Å²) in [5.41, 5.74) is 5.89. The van der Waals surface area contributed by atoms with E-state index in [0.717, 1.165) is 4.47 Å². The first kappa shape index (κ1) is 11.5. The predicted molar refractivity (Wildman–Crippen MR) is 58.2 cm³/mol. The molecule has 1 unspecified atom stereocenters. The molecule has 0 heterocycles. The van der Waals surface area contributed by atoms with E-state index < -0.39 is 6.17 Å². The van der Waals surface area contributed by atoms with Crippen molar-refractivity contribution in [3.8, 4) is 5.75 Å². The molecule has 0 aliphatic heterocycles. The number of ether oxygens (including phenoxy) is 1. The van der Waals surface area contributed by atoms with Crippen molar-refractivity contribution >= 4 is 15.9 Å². The lowest BCUT2D eigenvalue weighted by atomic mass is 10.1. The summed E-state index contributed by atoms with van der Waals surface area (Å²) in [6, 6.07) is 5.19. The number of alkyl halides is 1. The fourth-order valence-electron chi connectivity index (χ4n) is 1.18. The molecule has 2 N–H and O–H groups in total. The van der Waals surface area contributed by atoms with Crippen LogP contribution in [0.15, 0.2) is 22.7 Å². The fraction of sp³-hybridized carbons (Fsp3) is 0.400. The minimum Gasteiger partial charge on any atom is -0.496 e. The average molecular weight is 262 g/mol. The molecule has 1 atom stereocenters. The van der Waals surface area contributed by atoms with Gasteiger partial charge < -0.3 is 10.5 Å². The van der Waals surface area contributed by atoms with Gasteiger partial charge in [0.25, 0.3) is 0 Å². The van der Waals surface area contributed by atoms with Gasteiger partial charge in [-0.05, 0) is 46.6 Å². The molecular formula is C10H13BrFNO. The topological polar surface area (TPSA) is 35.2 Å². The van der Waals surface area contributed by atoms with Crippen LogP contribution >= 0.6 is 15.9 Å². The van der Waals surface area contributed by atoms with E-state index in [4.69, 9.17) is 10.5 Å². The Labute approximate surface area is 91.4 Å². The Morgan fingerprint density at radius 3 is 2.86 bits per heavy atom. The third-order valence-corrected chi connectivity index (χ3v) is 2.61. The Kier molecular flexibility index (Phi) is 4.35. The van der Waals surface area contributed by atoms with Gasteiger partial charge in [0.2, 0.25) is 0 Å². The standard InChI is InChI=1S/C10H13BrFNO/c1-14-10-6-7(2-3-8(10)11)9(12)4-5-13/h2-3,6,9H,4-5,13H2,1H3. The molecule has 1 aromatic carbocycles. The average Bonchev–Trinajstić information content (AvgIpc) is 2.19. The number of rotatable bonds is 4. The molecule has 0 aliphatic rings. The van der Waals surface area contributed by atoms with Crippen molar-refractivity contribution in [2.75, 3.05) is 13.7 Å². The first-order chi connectivity index (χ1) is 6.69. The van der Waals surface area contributed by atoms with E-state index >= 15 is 0 Å². The van der Waals surface area contributed by atoms with Crippen molar-refractivity contribution in [3.05, 3.63) is 28.2 Å². The van der Waals surface area contributed by atoms with Crippen LogP contribution < -0.4 is 10.5 Å². The van der Waals surface area contributed by atoms with Crippen LogP contribution in [0.25, 0.3) is 0 Å².